The summed E-state index contributed by atoms with van der Waals surface area (Å²) in [4.78, 5) is 12.0. The van der Waals surface area contributed by atoms with Gasteiger partial charge in [-0.05, 0) is 30.3 Å². The smallest absolute Gasteiger partial charge is 0.358 e. The molecule has 10 heteroatoms. The molecule has 1 amide bonds. The lowest BCUT2D eigenvalue weighted by Gasteiger charge is -2.10. The van der Waals surface area contributed by atoms with E-state index < -0.39 is 46.4 Å². The molecule has 2 aromatic rings. The minimum atomic E-state index is -4.62. The summed E-state index contributed by atoms with van der Waals surface area (Å²) in [6.45, 7) is 0. The number of benzene rings is 2. The molecular formula is C17H9F6N3O. The molecule has 0 saturated carbocycles. The van der Waals surface area contributed by atoms with Crippen LogP contribution in [-0.2, 0) is 11.0 Å². The quantitative estimate of drug-likeness (QED) is 0.350. The number of amides is 1. The summed E-state index contributed by atoms with van der Waals surface area (Å²) < 4.78 is 77.5. The highest BCUT2D eigenvalue weighted by Crippen LogP contribution is 2.30. The zero-order valence-corrected chi connectivity index (χ0v) is 13.2. The highest BCUT2D eigenvalue weighted by atomic mass is 19.4. The van der Waals surface area contributed by atoms with Crippen LogP contribution in [0.1, 0.15) is 5.56 Å². The van der Waals surface area contributed by atoms with Crippen molar-refractivity contribution in [2.45, 2.75) is 6.18 Å². The Hall–Kier alpha value is -3.48. The molecule has 0 saturated heterocycles. The van der Waals surface area contributed by atoms with Crippen LogP contribution in [-0.4, -0.2) is 5.91 Å². The van der Waals surface area contributed by atoms with Crippen molar-refractivity contribution in [1.82, 2.24) is 0 Å². The van der Waals surface area contributed by atoms with Crippen molar-refractivity contribution >= 4 is 17.3 Å². The normalized spacial score (nSPS) is 11.7. The summed E-state index contributed by atoms with van der Waals surface area (Å²) in [6, 6.07) is 6.61. The molecular weight excluding hydrogens is 376 g/mol. The van der Waals surface area contributed by atoms with Crippen molar-refractivity contribution < 1.29 is 31.1 Å². The van der Waals surface area contributed by atoms with Crippen LogP contribution in [0.15, 0.2) is 48.2 Å². The lowest BCUT2D eigenvalue weighted by atomic mass is 10.2. The topological polar surface area (TPSA) is 64.9 Å². The van der Waals surface area contributed by atoms with Gasteiger partial charge in [0.15, 0.2) is 17.5 Å². The fourth-order valence-corrected chi connectivity index (χ4v) is 1.91. The van der Waals surface area contributed by atoms with Crippen LogP contribution < -0.4 is 10.6 Å². The number of anilines is 2. The van der Waals surface area contributed by atoms with Crippen LogP contribution in [0.5, 0.6) is 0 Å². The number of alkyl halides is 3. The summed E-state index contributed by atoms with van der Waals surface area (Å²) in [5.74, 6) is -5.83. The van der Waals surface area contributed by atoms with Crippen molar-refractivity contribution in [2.24, 2.45) is 0 Å². The highest BCUT2D eigenvalue weighted by Gasteiger charge is 2.30. The molecule has 0 aliphatic rings. The van der Waals surface area contributed by atoms with E-state index >= 15 is 0 Å². The van der Waals surface area contributed by atoms with Crippen LogP contribution in [0.4, 0.5) is 37.7 Å². The summed E-state index contributed by atoms with van der Waals surface area (Å²) in [7, 11) is 0. The molecule has 2 N–H and O–H groups in total. The van der Waals surface area contributed by atoms with E-state index in [9.17, 15) is 31.1 Å². The fourth-order valence-electron chi connectivity index (χ4n) is 1.91. The maximum absolute atomic E-state index is 13.5. The molecule has 2 rings (SSSR count). The molecule has 0 atom stereocenters. The molecule has 27 heavy (non-hydrogen) atoms. The van der Waals surface area contributed by atoms with E-state index in [1.807, 2.05) is 0 Å². The summed E-state index contributed by atoms with van der Waals surface area (Å²) in [5.41, 5.74) is -2.43. The first kappa shape index (κ1) is 19.8. The first-order chi connectivity index (χ1) is 12.6. The highest BCUT2D eigenvalue weighted by molar-refractivity contribution is 6.06. The van der Waals surface area contributed by atoms with E-state index in [1.165, 1.54) is 12.1 Å². The van der Waals surface area contributed by atoms with Crippen LogP contribution in [0.25, 0.3) is 0 Å². The van der Waals surface area contributed by atoms with Gasteiger partial charge in [0.05, 0.1) is 11.3 Å². The summed E-state index contributed by atoms with van der Waals surface area (Å²) in [5, 5.41) is 13.2. The minimum Gasteiger partial charge on any atom is -0.358 e. The average molecular weight is 385 g/mol. The third kappa shape index (κ3) is 4.78. The largest absolute Gasteiger partial charge is 0.416 e. The Bertz CT molecular complexity index is 947. The van der Waals surface area contributed by atoms with Gasteiger partial charge in [0.1, 0.15) is 11.6 Å². The SMILES string of the molecule is N#C/C(=C/Nc1ccc(F)c(F)c1F)C(=O)Nc1cccc(C(F)(F)F)c1. The minimum absolute atomic E-state index is 0.227. The maximum Gasteiger partial charge on any atom is 0.416 e. The third-order valence-electron chi connectivity index (χ3n) is 3.22. The van der Waals surface area contributed by atoms with Gasteiger partial charge in [-0.2, -0.15) is 18.4 Å². The number of halogens is 6. The molecule has 0 heterocycles. The van der Waals surface area contributed by atoms with Gasteiger partial charge in [-0.3, -0.25) is 4.79 Å². The number of nitriles is 1. The van der Waals surface area contributed by atoms with Gasteiger partial charge in [0.25, 0.3) is 5.91 Å². The van der Waals surface area contributed by atoms with Crippen LogP contribution in [0, 0.1) is 28.8 Å². The second kappa shape index (κ2) is 7.82. The van der Waals surface area contributed by atoms with E-state index in [0.717, 1.165) is 18.2 Å². The van der Waals surface area contributed by atoms with Crippen LogP contribution in [0.3, 0.4) is 0 Å². The number of carbonyl (C=O) groups is 1. The number of rotatable bonds is 4. The second-order valence-electron chi connectivity index (χ2n) is 5.07. The van der Waals surface area contributed by atoms with E-state index in [2.05, 4.69) is 10.6 Å². The van der Waals surface area contributed by atoms with Crippen LogP contribution in [0.2, 0.25) is 0 Å². The molecule has 0 unspecified atom stereocenters. The molecule has 0 spiro atoms. The summed E-state index contributed by atoms with van der Waals surface area (Å²) >= 11 is 0. The molecule has 2 aromatic carbocycles. The lowest BCUT2D eigenvalue weighted by molar-refractivity contribution is -0.137. The average Bonchev–Trinajstić information content (AvgIpc) is 2.61. The monoisotopic (exact) mass is 385 g/mol. The molecule has 4 nitrogen and oxygen atoms in total. The fraction of sp³-hybridized carbons (Fsp3) is 0.0588. The van der Waals surface area contributed by atoms with Gasteiger partial charge in [-0.25, -0.2) is 13.2 Å². The molecule has 0 bridgehead atoms. The number of hydrogen-bond donors (Lipinski definition) is 2. The third-order valence-corrected chi connectivity index (χ3v) is 3.22. The first-order valence-corrected chi connectivity index (χ1v) is 7.12. The zero-order chi connectivity index (χ0) is 20.2. The zero-order valence-electron chi connectivity index (χ0n) is 13.2. The Kier molecular flexibility index (Phi) is 5.75. The molecule has 0 aliphatic heterocycles. The van der Waals surface area contributed by atoms with Gasteiger partial charge >= 0.3 is 6.18 Å². The number of carbonyl (C=O) groups excluding carboxylic acids is 1. The van der Waals surface area contributed by atoms with Gasteiger partial charge in [-0.1, -0.05) is 6.07 Å². The maximum atomic E-state index is 13.5. The molecule has 0 aliphatic carbocycles. The van der Waals surface area contributed by atoms with E-state index in [1.54, 1.807) is 0 Å². The van der Waals surface area contributed by atoms with Gasteiger partial charge in [0.2, 0.25) is 0 Å². The molecule has 140 valence electrons. The Morgan fingerprint density at radius 3 is 2.41 bits per heavy atom. The standard InChI is InChI=1S/C17H9F6N3O/c18-12-4-5-13(15(20)14(12)19)25-8-9(7-24)16(27)26-11-3-1-2-10(6-11)17(21,22)23/h1-6,8,25H,(H,26,27)/b9-8-. The Labute approximate surface area is 148 Å². The van der Waals surface area contributed by atoms with Gasteiger partial charge in [-0.15, -0.1) is 0 Å². The van der Waals surface area contributed by atoms with Crippen molar-refractivity contribution in [2.75, 3.05) is 10.6 Å². The van der Waals surface area contributed by atoms with E-state index in [4.69, 9.17) is 5.26 Å². The number of hydrogen-bond acceptors (Lipinski definition) is 3. The number of nitrogens with zero attached hydrogens (tertiary/aromatic N) is 1. The van der Waals surface area contributed by atoms with Gasteiger partial charge < -0.3 is 10.6 Å². The Morgan fingerprint density at radius 2 is 1.78 bits per heavy atom. The van der Waals surface area contributed by atoms with Crippen LogP contribution >= 0.6 is 0 Å². The van der Waals surface area contributed by atoms with Gasteiger partial charge in [0, 0.05) is 11.9 Å². The van der Waals surface area contributed by atoms with E-state index in [-0.39, 0.29) is 5.69 Å². The van der Waals surface area contributed by atoms with E-state index in [0.29, 0.717) is 18.3 Å². The molecule has 0 fully saturated rings. The Balaban J connectivity index is 2.18. The van der Waals surface area contributed by atoms with Crippen molar-refractivity contribution in [3.8, 4) is 6.07 Å². The van der Waals surface area contributed by atoms with Crippen molar-refractivity contribution in [1.29, 1.82) is 5.26 Å². The Morgan fingerprint density at radius 1 is 1.07 bits per heavy atom. The van der Waals surface area contributed by atoms with Crippen molar-refractivity contribution in [3.63, 3.8) is 0 Å². The predicted molar refractivity (Wildman–Crippen MR) is 83.7 cm³/mol. The lowest BCUT2D eigenvalue weighted by Crippen LogP contribution is -2.15. The first-order valence-electron chi connectivity index (χ1n) is 7.12. The molecule has 0 radical (unpaired) electrons. The van der Waals surface area contributed by atoms with Crippen molar-refractivity contribution in [3.05, 3.63) is 71.2 Å². The number of nitrogens with one attached hydrogen (secondary N) is 2. The summed E-state index contributed by atoms with van der Waals surface area (Å²) in [6.07, 6.45) is -3.92. The molecule has 0 aromatic heterocycles. The predicted octanol–water partition coefficient (Wildman–Crippen LogP) is 4.58. The second-order valence-corrected chi connectivity index (χ2v) is 5.07.